The van der Waals surface area contributed by atoms with Crippen LogP contribution < -0.4 is 15.5 Å². The number of nitrogens with zero attached hydrogens (tertiary/aromatic N) is 7. The molecule has 1 unspecified atom stereocenters. The molecule has 4 aromatic heterocycles. The summed E-state index contributed by atoms with van der Waals surface area (Å²) in [5.41, 5.74) is 2.05. The third-order valence-corrected chi connectivity index (χ3v) is 6.23. The van der Waals surface area contributed by atoms with Gasteiger partial charge in [0.15, 0.2) is 0 Å². The maximum absolute atomic E-state index is 4.77. The SMILES string of the molecule is CC1CCCN(c2nccc(Nc3cc4c(C(C)C)cnc(Nc5cnn(C)c5)c4cn3)n2)C1. The Morgan fingerprint density at radius 3 is 2.68 bits per heavy atom. The fourth-order valence-corrected chi connectivity index (χ4v) is 4.48. The van der Waals surface area contributed by atoms with Crippen molar-refractivity contribution < 1.29 is 0 Å². The molecule has 2 N–H and O–H groups in total. The van der Waals surface area contributed by atoms with Crippen LogP contribution in [0.3, 0.4) is 0 Å². The summed E-state index contributed by atoms with van der Waals surface area (Å²) in [7, 11) is 1.89. The second-order valence-corrected chi connectivity index (χ2v) is 9.42. The molecule has 176 valence electrons. The number of aryl methyl sites for hydroxylation is 1. The molecule has 1 saturated heterocycles. The van der Waals surface area contributed by atoms with Crippen molar-refractivity contribution >= 4 is 39.9 Å². The lowest BCUT2D eigenvalue weighted by molar-refractivity contribution is 0.442. The predicted octanol–water partition coefficient (Wildman–Crippen LogP) is 5.00. The first kappa shape index (κ1) is 22.1. The molecular weight excluding hydrogens is 426 g/mol. The van der Waals surface area contributed by atoms with Crippen LogP contribution in [0.5, 0.6) is 0 Å². The van der Waals surface area contributed by atoms with E-state index >= 15 is 0 Å². The van der Waals surface area contributed by atoms with Gasteiger partial charge in [0.2, 0.25) is 5.95 Å². The topological polar surface area (TPSA) is 96.7 Å². The number of rotatable bonds is 6. The molecule has 5 rings (SSSR count). The van der Waals surface area contributed by atoms with E-state index in [0.717, 1.165) is 53.0 Å². The molecule has 4 aromatic rings. The van der Waals surface area contributed by atoms with E-state index in [-0.39, 0.29) is 0 Å². The molecule has 0 spiro atoms. The van der Waals surface area contributed by atoms with Crippen LogP contribution in [0.4, 0.5) is 29.1 Å². The van der Waals surface area contributed by atoms with Crippen molar-refractivity contribution in [3.63, 3.8) is 0 Å². The molecule has 0 saturated carbocycles. The quantitative estimate of drug-likeness (QED) is 0.417. The second kappa shape index (κ2) is 9.24. The minimum atomic E-state index is 0.324. The molecule has 0 bridgehead atoms. The molecule has 0 amide bonds. The van der Waals surface area contributed by atoms with Gasteiger partial charge < -0.3 is 15.5 Å². The second-order valence-electron chi connectivity index (χ2n) is 9.42. The Hall–Kier alpha value is -3.75. The zero-order valence-corrected chi connectivity index (χ0v) is 20.2. The van der Waals surface area contributed by atoms with E-state index in [1.54, 1.807) is 10.9 Å². The van der Waals surface area contributed by atoms with Gasteiger partial charge in [-0.05, 0) is 47.8 Å². The van der Waals surface area contributed by atoms with Crippen molar-refractivity contribution in [2.75, 3.05) is 28.6 Å². The zero-order valence-electron chi connectivity index (χ0n) is 20.2. The number of nitrogens with one attached hydrogen (secondary N) is 2. The first-order valence-corrected chi connectivity index (χ1v) is 11.9. The Morgan fingerprint density at radius 2 is 1.91 bits per heavy atom. The highest BCUT2D eigenvalue weighted by Crippen LogP contribution is 2.32. The Bertz CT molecular complexity index is 1300. The molecule has 34 heavy (non-hydrogen) atoms. The Labute approximate surface area is 199 Å². The maximum atomic E-state index is 4.77. The molecule has 9 heteroatoms. The van der Waals surface area contributed by atoms with Gasteiger partial charge in [-0.15, -0.1) is 0 Å². The van der Waals surface area contributed by atoms with Crippen molar-refractivity contribution in [1.29, 1.82) is 0 Å². The van der Waals surface area contributed by atoms with Gasteiger partial charge in [0, 0.05) is 50.3 Å². The average Bonchev–Trinajstić information content (AvgIpc) is 3.23. The van der Waals surface area contributed by atoms with Gasteiger partial charge in [0.25, 0.3) is 0 Å². The molecule has 0 aromatic carbocycles. The number of fused-ring (bicyclic) bond motifs is 1. The van der Waals surface area contributed by atoms with Crippen molar-refractivity contribution in [3.8, 4) is 0 Å². The first-order valence-electron chi connectivity index (χ1n) is 11.9. The minimum Gasteiger partial charge on any atom is -0.341 e. The highest BCUT2D eigenvalue weighted by molar-refractivity contribution is 5.96. The monoisotopic (exact) mass is 457 g/mol. The Kier molecular flexibility index (Phi) is 6.00. The molecule has 1 aliphatic heterocycles. The van der Waals surface area contributed by atoms with Crippen molar-refractivity contribution in [2.45, 2.75) is 39.5 Å². The zero-order chi connectivity index (χ0) is 23.7. The lowest BCUT2D eigenvalue weighted by Crippen LogP contribution is -2.35. The van der Waals surface area contributed by atoms with Crippen LogP contribution in [0.15, 0.2) is 43.1 Å². The summed E-state index contributed by atoms with van der Waals surface area (Å²) in [6.07, 6.45) is 11.8. The highest BCUT2D eigenvalue weighted by Gasteiger charge is 2.19. The molecule has 5 heterocycles. The number of pyridine rings is 2. The summed E-state index contributed by atoms with van der Waals surface area (Å²) >= 11 is 0. The van der Waals surface area contributed by atoms with E-state index in [4.69, 9.17) is 4.98 Å². The van der Waals surface area contributed by atoms with E-state index in [0.29, 0.717) is 11.8 Å². The first-order chi connectivity index (χ1) is 16.5. The van der Waals surface area contributed by atoms with E-state index < -0.39 is 0 Å². The number of aromatic nitrogens is 6. The third kappa shape index (κ3) is 4.64. The normalized spacial score (nSPS) is 16.3. The molecule has 1 aliphatic rings. The van der Waals surface area contributed by atoms with Crippen molar-refractivity contribution in [1.82, 2.24) is 29.7 Å². The Morgan fingerprint density at radius 1 is 1.03 bits per heavy atom. The smallest absolute Gasteiger partial charge is 0.227 e. The lowest BCUT2D eigenvalue weighted by Gasteiger charge is -2.30. The number of hydrogen-bond donors (Lipinski definition) is 2. The summed E-state index contributed by atoms with van der Waals surface area (Å²) in [5, 5.41) is 13.1. The van der Waals surface area contributed by atoms with Crippen molar-refractivity contribution in [3.05, 3.63) is 48.7 Å². The van der Waals surface area contributed by atoms with E-state index in [9.17, 15) is 0 Å². The van der Waals surface area contributed by atoms with Gasteiger partial charge in [-0.1, -0.05) is 20.8 Å². The van der Waals surface area contributed by atoms with Crippen LogP contribution in [-0.4, -0.2) is 42.8 Å². The standard InChI is InChI=1S/C25H31N9/c1-16(2)20-12-28-24(30-18-11-29-33(4)15-18)21-13-27-23(10-19(20)21)31-22-7-8-26-25(32-22)34-9-5-6-17(3)14-34/h7-8,10-13,15-17H,5-6,9,14H2,1-4H3,(H,28,30)(H,26,27,31,32). The van der Waals surface area contributed by atoms with Gasteiger partial charge in [0.05, 0.1) is 11.9 Å². The van der Waals surface area contributed by atoms with Gasteiger partial charge in [-0.25, -0.2) is 15.0 Å². The van der Waals surface area contributed by atoms with E-state index in [1.807, 2.05) is 37.9 Å². The van der Waals surface area contributed by atoms with Crippen LogP contribution >= 0.6 is 0 Å². The predicted molar refractivity (Wildman–Crippen MR) is 136 cm³/mol. The van der Waals surface area contributed by atoms with Crippen LogP contribution in [0, 0.1) is 5.92 Å². The number of anilines is 5. The average molecular weight is 458 g/mol. The number of piperidine rings is 1. The van der Waals surface area contributed by atoms with Crippen LogP contribution in [0.2, 0.25) is 0 Å². The fraction of sp³-hybridized carbons (Fsp3) is 0.400. The molecular formula is C25H31N9. The van der Waals surface area contributed by atoms with Crippen LogP contribution in [0.1, 0.15) is 45.1 Å². The summed E-state index contributed by atoms with van der Waals surface area (Å²) in [4.78, 5) is 20.9. The molecule has 9 nitrogen and oxygen atoms in total. The van der Waals surface area contributed by atoms with Crippen molar-refractivity contribution in [2.24, 2.45) is 13.0 Å². The molecule has 0 aliphatic carbocycles. The lowest BCUT2D eigenvalue weighted by atomic mass is 9.99. The van der Waals surface area contributed by atoms with E-state index in [2.05, 4.69) is 62.4 Å². The van der Waals surface area contributed by atoms with Gasteiger partial charge in [-0.3, -0.25) is 4.68 Å². The van der Waals surface area contributed by atoms with Crippen LogP contribution in [0.25, 0.3) is 10.8 Å². The number of hydrogen-bond acceptors (Lipinski definition) is 8. The maximum Gasteiger partial charge on any atom is 0.227 e. The summed E-state index contributed by atoms with van der Waals surface area (Å²) in [6.45, 7) is 8.63. The van der Waals surface area contributed by atoms with Gasteiger partial charge >= 0.3 is 0 Å². The van der Waals surface area contributed by atoms with Crippen LogP contribution in [-0.2, 0) is 7.05 Å². The highest BCUT2D eigenvalue weighted by atomic mass is 15.3. The summed E-state index contributed by atoms with van der Waals surface area (Å²) in [5.74, 6) is 3.99. The van der Waals surface area contributed by atoms with Gasteiger partial charge in [-0.2, -0.15) is 10.1 Å². The molecule has 1 fully saturated rings. The molecule has 1 atom stereocenters. The van der Waals surface area contributed by atoms with E-state index in [1.165, 1.54) is 18.4 Å². The summed E-state index contributed by atoms with van der Waals surface area (Å²) in [6, 6.07) is 3.96. The fourth-order valence-electron chi connectivity index (χ4n) is 4.48. The largest absolute Gasteiger partial charge is 0.341 e. The summed E-state index contributed by atoms with van der Waals surface area (Å²) < 4.78 is 1.76. The van der Waals surface area contributed by atoms with Gasteiger partial charge in [0.1, 0.15) is 17.5 Å². The molecule has 0 radical (unpaired) electrons. The minimum absolute atomic E-state index is 0.324. The third-order valence-electron chi connectivity index (χ3n) is 6.23. The Balaban J connectivity index is 1.45.